The molecule has 9 heteroatoms. The smallest absolute Gasteiger partial charge is 0.340 e. The number of sulfonamides is 1. The van der Waals surface area contributed by atoms with Crippen molar-refractivity contribution in [2.75, 3.05) is 6.54 Å². The number of likely N-dealkylation sites (tertiary alicyclic amines) is 1. The Bertz CT molecular complexity index is 723. The van der Waals surface area contributed by atoms with E-state index in [0.29, 0.717) is 12.8 Å². The molecule has 1 saturated heterocycles. The first kappa shape index (κ1) is 19.5. The summed E-state index contributed by atoms with van der Waals surface area (Å²) < 4.78 is 27.9. The molecule has 8 nitrogen and oxygen atoms in total. The zero-order valence-electron chi connectivity index (χ0n) is 14.3. The van der Waals surface area contributed by atoms with Crippen molar-refractivity contribution in [1.82, 2.24) is 9.62 Å². The van der Waals surface area contributed by atoms with E-state index in [4.69, 9.17) is 0 Å². The lowest BCUT2D eigenvalue weighted by atomic mass is 9.96. The molecule has 0 bridgehead atoms. The third-order valence-electron chi connectivity index (χ3n) is 4.25. The van der Waals surface area contributed by atoms with Gasteiger partial charge in [0.25, 0.3) is 0 Å². The van der Waals surface area contributed by atoms with Gasteiger partial charge < -0.3 is 5.11 Å². The Morgan fingerprint density at radius 2 is 2.04 bits per heavy atom. The van der Waals surface area contributed by atoms with Gasteiger partial charge in [0.1, 0.15) is 6.17 Å². The number of aliphatic carboxylic acids is 1. The summed E-state index contributed by atoms with van der Waals surface area (Å²) >= 11 is 0. The van der Waals surface area contributed by atoms with Crippen molar-refractivity contribution in [3.05, 3.63) is 35.2 Å². The predicted octanol–water partition coefficient (Wildman–Crippen LogP) is 1.98. The van der Waals surface area contributed by atoms with Crippen LogP contribution < -0.4 is 4.72 Å². The molecule has 0 aliphatic carbocycles. The molecular weight excluding hydrogens is 346 g/mol. The Hall–Kier alpha value is -1.84. The van der Waals surface area contributed by atoms with Crippen LogP contribution in [-0.2, 0) is 14.8 Å². The van der Waals surface area contributed by atoms with Gasteiger partial charge in [0.15, 0.2) is 5.66 Å². The molecule has 0 spiro atoms. The molecule has 0 amide bonds. The van der Waals surface area contributed by atoms with Gasteiger partial charge in [0.2, 0.25) is 10.0 Å². The van der Waals surface area contributed by atoms with Gasteiger partial charge in [-0.25, -0.2) is 13.2 Å². The molecule has 1 aromatic rings. The number of nitrogens with zero attached hydrogens (tertiary/aromatic N) is 2. The van der Waals surface area contributed by atoms with Crippen LogP contribution in [0.4, 0.5) is 0 Å². The van der Waals surface area contributed by atoms with Crippen LogP contribution in [0.15, 0.2) is 40.4 Å². The molecule has 1 aromatic carbocycles. The zero-order chi connectivity index (χ0) is 18.7. The summed E-state index contributed by atoms with van der Waals surface area (Å²) in [5.74, 6) is -1.46. The molecule has 1 aliphatic rings. The Balaban J connectivity index is 2.51. The third-order valence-corrected chi connectivity index (χ3v) is 5.75. The van der Waals surface area contributed by atoms with Gasteiger partial charge in [-0.1, -0.05) is 37.2 Å². The maximum Gasteiger partial charge on any atom is 0.340 e. The molecule has 0 aromatic heterocycles. The predicted molar refractivity (Wildman–Crippen MR) is 92.1 cm³/mol. The zero-order valence-corrected chi connectivity index (χ0v) is 15.1. The fraction of sp³-hybridized carbons (Fsp3) is 0.562. The second-order valence-corrected chi connectivity index (χ2v) is 8.29. The minimum atomic E-state index is -4.09. The molecule has 0 unspecified atom stereocenters. The van der Waals surface area contributed by atoms with Gasteiger partial charge in [0.05, 0.1) is 4.90 Å². The third kappa shape index (κ3) is 4.05. The lowest BCUT2D eigenvalue weighted by Crippen LogP contribution is -2.66. The SMILES string of the molecule is CC(C)C[C@](NS(=O)(=O)c1ccccc1)(C(=O)O)N1CCC[C@H]1N=O. The van der Waals surface area contributed by atoms with Crippen LogP contribution in [0.1, 0.15) is 33.1 Å². The van der Waals surface area contributed by atoms with Gasteiger partial charge in [-0.2, -0.15) is 4.72 Å². The summed E-state index contributed by atoms with van der Waals surface area (Å²) in [5, 5.41) is 12.9. The quantitative estimate of drug-likeness (QED) is 0.677. The maximum atomic E-state index is 12.8. The minimum absolute atomic E-state index is 0.0143. The van der Waals surface area contributed by atoms with E-state index in [1.54, 1.807) is 32.0 Å². The summed E-state index contributed by atoms with van der Waals surface area (Å²) in [4.78, 5) is 24.7. The average Bonchev–Trinajstić information content (AvgIpc) is 3.03. The summed E-state index contributed by atoms with van der Waals surface area (Å²) in [7, 11) is -4.09. The molecular formula is C16H23N3O5S. The Labute approximate surface area is 147 Å². The van der Waals surface area contributed by atoms with Crippen molar-refractivity contribution >= 4 is 16.0 Å². The van der Waals surface area contributed by atoms with Gasteiger partial charge in [0, 0.05) is 6.54 Å². The fourth-order valence-corrected chi connectivity index (χ4v) is 4.61. The van der Waals surface area contributed by atoms with Crippen molar-refractivity contribution in [3.8, 4) is 0 Å². The van der Waals surface area contributed by atoms with Crippen LogP contribution in [0.2, 0.25) is 0 Å². The first-order valence-corrected chi connectivity index (χ1v) is 9.63. The molecule has 0 saturated carbocycles. The number of rotatable bonds is 8. The number of hydrogen-bond acceptors (Lipinski definition) is 6. The Morgan fingerprint density at radius 1 is 1.40 bits per heavy atom. The van der Waals surface area contributed by atoms with Gasteiger partial charge in [-0.15, -0.1) is 4.91 Å². The van der Waals surface area contributed by atoms with Crippen LogP contribution in [0.5, 0.6) is 0 Å². The number of nitrogens with one attached hydrogen (secondary N) is 1. The highest BCUT2D eigenvalue weighted by Gasteiger charge is 2.52. The highest BCUT2D eigenvalue weighted by atomic mass is 32.2. The molecule has 138 valence electrons. The normalized spacial score (nSPS) is 21.2. The standard InChI is InChI=1S/C16H23N3O5S/c1-12(2)11-16(15(20)21,19-10-6-9-14(19)17-22)18-25(23,24)13-7-4-3-5-8-13/h3-5,7-8,12,14,18H,6,9-11H2,1-2H3,(H,20,21)/t14-,16+/m0/s1. The molecule has 25 heavy (non-hydrogen) atoms. The summed E-state index contributed by atoms with van der Waals surface area (Å²) in [6.07, 6.45) is 0.133. The van der Waals surface area contributed by atoms with Crippen LogP contribution >= 0.6 is 0 Å². The second-order valence-electron chi connectivity index (χ2n) is 6.60. The fourth-order valence-electron chi connectivity index (χ4n) is 3.25. The van der Waals surface area contributed by atoms with E-state index >= 15 is 0 Å². The van der Waals surface area contributed by atoms with Crippen molar-refractivity contribution in [2.45, 2.75) is 49.8 Å². The highest BCUT2D eigenvalue weighted by Crippen LogP contribution is 2.32. The van der Waals surface area contributed by atoms with Gasteiger partial charge in [-0.05, 0) is 37.3 Å². The topological polar surface area (TPSA) is 116 Å². The lowest BCUT2D eigenvalue weighted by molar-refractivity contribution is -0.155. The van der Waals surface area contributed by atoms with Crippen LogP contribution in [0.3, 0.4) is 0 Å². The molecule has 1 fully saturated rings. The summed E-state index contributed by atoms with van der Waals surface area (Å²) in [6.45, 7) is 3.88. The highest BCUT2D eigenvalue weighted by molar-refractivity contribution is 7.89. The van der Waals surface area contributed by atoms with Crippen LogP contribution in [0, 0.1) is 10.8 Å². The number of carbonyl (C=O) groups is 1. The number of nitroso groups, excluding NO2 is 1. The minimum Gasteiger partial charge on any atom is -0.479 e. The Kier molecular flexibility index (Phi) is 5.91. The van der Waals surface area contributed by atoms with E-state index in [9.17, 15) is 23.2 Å². The molecule has 1 heterocycles. The number of carboxylic acid groups (broad SMARTS) is 1. The number of benzene rings is 1. The Morgan fingerprint density at radius 3 is 2.56 bits per heavy atom. The number of hydrogen-bond donors (Lipinski definition) is 2. The van der Waals surface area contributed by atoms with Crippen molar-refractivity contribution in [3.63, 3.8) is 0 Å². The van der Waals surface area contributed by atoms with E-state index in [0.717, 1.165) is 0 Å². The van der Waals surface area contributed by atoms with Crippen molar-refractivity contribution < 1.29 is 18.3 Å². The van der Waals surface area contributed by atoms with E-state index in [1.165, 1.54) is 17.0 Å². The molecule has 2 atom stereocenters. The second kappa shape index (κ2) is 7.59. The molecule has 1 aliphatic heterocycles. The lowest BCUT2D eigenvalue weighted by Gasteiger charge is -2.40. The monoisotopic (exact) mass is 369 g/mol. The first-order valence-electron chi connectivity index (χ1n) is 8.14. The van der Waals surface area contributed by atoms with E-state index in [1.807, 2.05) is 0 Å². The van der Waals surface area contributed by atoms with Gasteiger partial charge >= 0.3 is 5.97 Å². The van der Waals surface area contributed by atoms with Crippen molar-refractivity contribution in [1.29, 1.82) is 0 Å². The molecule has 2 N–H and O–H groups in total. The average molecular weight is 369 g/mol. The van der Waals surface area contributed by atoms with E-state index < -0.39 is 27.8 Å². The first-order chi connectivity index (χ1) is 11.7. The maximum absolute atomic E-state index is 12.8. The number of carboxylic acids is 1. The largest absolute Gasteiger partial charge is 0.479 e. The summed E-state index contributed by atoms with van der Waals surface area (Å²) in [6, 6.07) is 7.58. The van der Waals surface area contributed by atoms with Crippen LogP contribution in [0.25, 0.3) is 0 Å². The van der Waals surface area contributed by atoms with Gasteiger partial charge in [-0.3, -0.25) is 4.90 Å². The van der Waals surface area contributed by atoms with Crippen molar-refractivity contribution in [2.24, 2.45) is 11.1 Å². The van der Waals surface area contributed by atoms with Crippen LogP contribution in [-0.4, -0.2) is 42.8 Å². The molecule has 2 rings (SSSR count). The van der Waals surface area contributed by atoms with E-state index in [-0.39, 0.29) is 23.8 Å². The summed E-state index contributed by atoms with van der Waals surface area (Å²) in [5.41, 5.74) is -1.92. The molecule has 0 radical (unpaired) electrons. The van der Waals surface area contributed by atoms with E-state index in [2.05, 4.69) is 9.90 Å².